The Balaban J connectivity index is 3.30. The average molecular weight is 335 g/mol. The van der Waals surface area contributed by atoms with Crippen LogP contribution < -0.4 is 0 Å². The molecule has 1 heterocycles. The highest BCUT2D eigenvalue weighted by atomic mass is 79.9. The zero-order chi connectivity index (χ0) is 10.0. The summed E-state index contributed by atoms with van der Waals surface area (Å²) in [5, 5.41) is 0.386. The van der Waals surface area contributed by atoms with Gasteiger partial charge in [0.15, 0.2) is 0 Å². The van der Waals surface area contributed by atoms with E-state index in [2.05, 4.69) is 36.8 Å². The molecule has 0 aliphatic heterocycles. The first-order chi connectivity index (χ1) is 6.07. The first-order valence-corrected chi connectivity index (χ1v) is 5.54. The van der Waals surface area contributed by atoms with Crippen molar-refractivity contribution in [1.29, 1.82) is 0 Å². The van der Waals surface area contributed by atoms with Gasteiger partial charge in [0, 0.05) is 11.5 Å². The van der Waals surface area contributed by atoms with Crippen LogP contribution in [0.15, 0.2) is 10.7 Å². The molecule has 1 aromatic rings. The molecule has 1 rings (SSSR count). The normalized spacial score (nSPS) is 10.9. The molecule has 1 nitrogen and oxygen atoms in total. The molecule has 72 valence electrons. The summed E-state index contributed by atoms with van der Waals surface area (Å²) in [6, 6.07) is 0. The third-order valence-corrected chi connectivity index (χ3v) is 3.14. The molecule has 0 N–H and O–H groups in total. The summed E-state index contributed by atoms with van der Waals surface area (Å²) in [6.45, 7) is 0. The van der Waals surface area contributed by atoms with Crippen LogP contribution in [0.25, 0.3) is 0 Å². The van der Waals surface area contributed by atoms with Crippen LogP contribution in [0, 0.1) is 0 Å². The van der Waals surface area contributed by atoms with Gasteiger partial charge in [-0.15, -0.1) is 0 Å². The number of alkyl halides is 3. The number of hydrogen-bond acceptors (Lipinski definition) is 1. The summed E-state index contributed by atoms with van der Waals surface area (Å²) in [7, 11) is 0. The molecule has 13 heavy (non-hydrogen) atoms. The number of pyridine rings is 1. The molecule has 0 aliphatic carbocycles. The van der Waals surface area contributed by atoms with Crippen molar-refractivity contribution in [2.24, 2.45) is 0 Å². The summed E-state index contributed by atoms with van der Waals surface area (Å²) in [5.41, 5.74) is 0.311. The predicted molar refractivity (Wildman–Crippen MR) is 54.5 cm³/mol. The van der Waals surface area contributed by atoms with E-state index < -0.39 is 6.43 Å². The molecule has 0 fully saturated rings. The fourth-order valence-electron chi connectivity index (χ4n) is 0.814. The van der Waals surface area contributed by atoms with Crippen molar-refractivity contribution >= 4 is 43.5 Å². The van der Waals surface area contributed by atoms with Crippen molar-refractivity contribution in [3.8, 4) is 0 Å². The van der Waals surface area contributed by atoms with Gasteiger partial charge < -0.3 is 0 Å². The number of aromatic nitrogens is 1. The van der Waals surface area contributed by atoms with Gasteiger partial charge in [0.2, 0.25) is 0 Å². The highest BCUT2D eigenvalue weighted by Crippen LogP contribution is 2.35. The Hall–Kier alpha value is 0.260. The smallest absolute Gasteiger partial charge is 0.258 e. The first-order valence-electron chi connectivity index (χ1n) is 3.24. The minimum atomic E-state index is -2.59. The van der Waals surface area contributed by atoms with E-state index in [0.717, 1.165) is 0 Å². The fourth-order valence-corrected chi connectivity index (χ4v) is 2.58. The molecule has 0 radical (unpaired) electrons. The van der Waals surface area contributed by atoms with E-state index in [-0.39, 0.29) is 15.1 Å². The minimum absolute atomic E-state index is 0.0217. The highest BCUT2D eigenvalue weighted by molar-refractivity contribution is 9.10. The molecule has 0 aromatic carbocycles. The number of hydrogen-bond donors (Lipinski definition) is 0. The van der Waals surface area contributed by atoms with Crippen molar-refractivity contribution in [2.45, 2.75) is 11.8 Å². The molecule has 0 aliphatic rings. The maximum absolute atomic E-state index is 12.4. The topological polar surface area (TPSA) is 12.9 Å². The summed E-state index contributed by atoms with van der Waals surface area (Å²) < 4.78 is 25.2. The van der Waals surface area contributed by atoms with Crippen LogP contribution >= 0.6 is 43.5 Å². The Bertz CT molecular complexity index is 320. The second-order valence-electron chi connectivity index (χ2n) is 2.21. The largest absolute Gasteiger partial charge is 0.266 e. The zero-order valence-corrected chi connectivity index (χ0v) is 10.1. The number of nitrogens with zero attached hydrogens (tertiary/aromatic N) is 1. The van der Waals surface area contributed by atoms with Crippen LogP contribution in [0.3, 0.4) is 0 Å². The van der Waals surface area contributed by atoms with Crippen molar-refractivity contribution in [2.75, 3.05) is 0 Å². The van der Waals surface area contributed by atoms with Gasteiger partial charge in [0.05, 0.1) is 20.8 Å². The summed E-state index contributed by atoms with van der Waals surface area (Å²) in [5.74, 6) is 0. The third-order valence-electron chi connectivity index (χ3n) is 1.43. The molecular weight excluding hydrogens is 331 g/mol. The van der Waals surface area contributed by atoms with E-state index in [0.29, 0.717) is 11.0 Å². The van der Waals surface area contributed by atoms with Crippen LogP contribution in [0.1, 0.15) is 17.7 Å². The van der Waals surface area contributed by atoms with Crippen LogP contribution in [-0.4, -0.2) is 4.98 Å². The Labute approximate surface area is 95.8 Å². The third kappa shape index (κ3) is 2.39. The van der Waals surface area contributed by atoms with Crippen LogP contribution in [0.4, 0.5) is 8.78 Å². The van der Waals surface area contributed by atoms with Crippen LogP contribution in [0.2, 0.25) is 5.02 Å². The lowest BCUT2D eigenvalue weighted by Gasteiger charge is -2.08. The van der Waals surface area contributed by atoms with Gasteiger partial charge in [-0.2, -0.15) is 0 Å². The molecule has 1 aromatic heterocycles. The Morgan fingerprint density at radius 3 is 2.62 bits per heavy atom. The van der Waals surface area contributed by atoms with Crippen molar-refractivity contribution in [1.82, 2.24) is 4.98 Å². The minimum Gasteiger partial charge on any atom is -0.258 e. The summed E-state index contributed by atoms with van der Waals surface area (Å²) in [6.07, 6.45) is -1.37. The molecule has 0 bridgehead atoms. The van der Waals surface area contributed by atoms with E-state index in [1.807, 2.05) is 0 Å². The molecule has 6 heteroatoms. The molecule has 0 saturated carbocycles. The Morgan fingerprint density at radius 1 is 1.54 bits per heavy atom. The quantitative estimate of drug-likeness (QED) is 0.733. The van der Waals surface area contributed by atoms with E-state index in [1.54, 1.807) is 0 Å². The molecule has 0 amide bonds. The van der Waals surface area contributed by atoms with E-state index in [4.69, 9.17) is 11.6 Å². The van der Waals surface area contributed by atoms with Crippen molar-refractivity contribution < 1.29 is 8.78 Å². The molecule has 0 atom stereocenters. The molecule has 0 unspecified atom stereocenters. The molecule has 0 saturated heterocycles. The van der Waals surface area contributed by atoms with Gasteiger partial charge in [0.1, 0.15) is 0 Å². The second-order valence-corrected chi connectivity index (χ2v) is 3.98. The van der Waals surface area contributed by atoms with E-state index in [9.17, 15) is 8.78 Å². The highest BCUT2D eigenvalue weighted by Gasteiger charge is 2.18. The lowest BCUT2D eigenvalue weighted by molar-refractivity contribution is 0.150. The lowest BCUT2D eigenvalue weighted by atomic mass is 10.2. The average Bonchev–Trinajstić information content (AvgIpc) is 2.04. The summed E-state index contributed by atoms with van der Waals surface area (Å²) >= 11 is 11.7. The fraction of sp³-hybridized carbons (Fsp3) is 0.286. The monoisotopic (exact) mass is 333 g/mol. The van der Waals surface area contributed by atoms with Gasteiger partial charge >= 0.3 is 0 Å². The second kappa shape index (κ2) is 4.66. The van der Waals surface area contributed by atoms with E-state index in [1.165, 1.54) is 6.20 Å². The standard InChI is InChI=1S/C7H4Br2ClF2N/c8-1-4-6(9)5(7(11)12)3(10)2-13-4/h2,7H,1H2. The van der Waals surface area contributed by atoms with E-state index >= 15 is 0 Å². The van der Waals surface area contributed by atoms with Crippen LogP contribution in [-0.2, 0) is 5.33 Å². The Morgan fingerprint density at radius 2 is 2.15 bits per heavy atom. The molecular formula is C7H4Br2ClF2N. The van der Waals surface area contributed by atoms with Crippen molar-refractivity contribution in [3.63, 3.8) is 0 Å². The summed E-state index contributed by atoms with van der Waals surface area (Å²) in [4.78, 5) is 3.88. The predicted octanol–water partition coefficient (Wildman–Crippen LogP) is 4.33. The van der Waals surface area contributed by atoms with Gasteiger partial charge in [0.25, 0.3) is 6.43 Å². The maximum atomic E-state index is 12.4. The first kappa shape index (κ1) is 11.3. The lowest BCUT2D eigenvalue weighted by Crippen LogP contribution is -1.95. The van der Waals surface area contributed by atoms with Gasteiger partial charge in [-0.25, -0.2) is 8.78 Å². The van der Waals surface area contributed by atoms with Gasteiger partial charge in [-0.3, -0.25) is 4.98 Å². The Kier molecular flexibility index (Phi) is 4.06. The van der Waals surface area contributed by atoms with Crippen molar-refractivity contribution in [3.05, 3.63) is 26.9 Å². The SMILES string of the molecule is FC(F)c1c(Cl)cnc(CBr)c1Br. The maximum Gasteiger partial charge on any atom is 0.266 e. The zero-order valence-electron chi connectivity index (χ0n) is 6.20. The molecule has 0 spiro atoms. The number of rotatable bonds is 2. The number of halogens is 5. The van der Waals surface area contributed by atoms with Gasteiger partial charge in [-0.05, 0) is 15.9 Å². The van der Waals surface area contributed by atoms with Gasteiger partial charge in [-0.1, -0.05) is 27.5 Å². The van der Waals surface area contributed by atoms with Crippen LogP contribution in [0.5, 0.6) is 0 Å².